The van der Waals surface area contributed by atoms with E-state index in [1.807, 2.05) is 31.9 Å². The first-order chi connectivity index (χ1) is 20.9. The van der Waals surface area contributed by atoms with Crippen molar-refractivity contribution in [1.29, 1.82) is 0 Å². The van der Waals surface area contributed by atoms with Gasteiger partial charge in [-0.2, -0.15) is 13.2 Å². The average Bonchev–Trinajstić information content (AvgIpc) is 3.25. The van der Waals surface area contributed by atoms with E-state index in [1.165, 1.54) is 12.1 Å². The van der Waals surface area contributed by atoms with Gasteiger partial charge in [-0.25, -0.2) is 14.4 Å². The van der Waals surface area contributed by atoms with E-state index in [-0.39, 0.29) is 35.4 Å². The van der Waals surface area contributed by atoms with E-state index in [9.17, 15) is 22.8 Å². The molecule has 0 radical (unpaired) electrons. The second-order valence-electron chi connectivity index (χ2n) is 11.8. The molecule has 2 bridgehead atoms. The van der Waals surface area contributed by atoms with Gasteiger partial charge >= 0.3 is 6.18 Å². The Morgan fingerprint density at radius 3 is 2.43 bits per heavy atom. The molecule has 232 valence electrons. The number of carbonyl (C=O) groups excluding carboxylic acids is 1. The summed E-state index contributed by atoms with van der Waals surface area (Å²) in [6.07, 6.45) is 3.41. The van der Waals surface area contributed by atoms with Crippen molar-refractivity contribution in [2.24, 2.45) is 0 Å². The molecule has 44 heavy (non-hydrogen) atoms. The first-order valence-electron chi connectivity index (χ1n) is 14.6. The monoisotopic (exact) mass is 611 g/mol. The lowest BCUT2D eigenvalue weighted by molar-refractivity contribution is -0.138. The Morgan fingerprint density at radius 2 is 1.77 bits per heavy atom. The van der Waals surface area contributed by atoms with Crippen LogP contribution in [0.25, 0.3) is 5.57 Å². The molecule has 9 nitrogen and oxygen atoms in total. The number of piperazine rings is 1. The topological polar surface area (TPSA) is 97.5 Å². The minimum atomic E-state index is -4.93. The van der Waals surface area contributed by atoms with Crippen LogP contribution in [0.3, 0.4) is 0 Å². The molecule has 1 amide bonds. The fourth-order valence-corrected chi connectivity index (χ4v) is 6.62. The van der Waals surface area contributed by atoms with Gasteiger partial charge in [-0.15, -0.1) is 0 Å². The number of H-pyrrole nitrogens is 1. The number of benzene rings is 1. The number of pyridine rings is 1. The molecular weight excluding hydrogens is 578 g/mol. The molecule has 0 aliphatic carbocycles. The summed E-state index contributed by atoms with van der Waals surface area (Å²) in [5.41, 5.74) is -1.46. The van der Waals surface area contributed by atoms with Crippen LogP contribution in [0.4, 0.5) is 34.9 Å². The zero-order valence-corrected chi connectivity index (χ0v) is 24.5. The molecule has 1 aromatic carbocycles. The van der Waals surface area contributed by atoms with E-state index >= 15 is 4.39 Å². The highest BCUT2D eigenvalue weighted by atomic mass is 19.4. The van der Waals surface area contributed by atoms with E-state index in [1.54, 1.807) is 18.5 Å². The number of amides is 1. The molecule has 0 spiro atoms. The van der Waals surface area contributed by atoms with Crippen LogP contribution in [-0.2, 0) is 6.18 Å². The summed E-state index contributed by atoms with van der Waals surface area (Å²) in [7, 11) is 2.00. The van der Waals surface area contributed by atoms with Crippen molar-refractivity contribution < 1.29 is 22.4 Å². The van der Waals surface area contributed by atoms with Gasteiger partial charge in [0.2, 0.25) is 11.5 Å². The molecular formula is C31H33F4N7O2. The van der Waals surface area contributed by atoms with Crippen molar-refractivity contribution in [1.82, 2.24) is 19.9 Å². The van der Waals surface area contributed by atoms with E-state index in [4.69, 9.17) is 0 Å². The Labute approximate surface area is 251 Å². The van der Waals surface area contributed by atoms with E-state index in [2.05, 4.69) is 30.1 Å². The van der Waals surface area contributed by atoms with E-state index < -0.39 is 34.6 Å². The summed E-state index contributed by atoms with van der Waals surface area (Å²) in [6, 6.07) is 5.20. The quantitative estimate of drug-likeness (QED) is 0.395. The number of anilines is 3. The van der Waals surface area contributed by atoms with Gasteiger partial charge in [0.05, 0.1) is 28.5 Å². The van der Waals surface area contributed by atoms with Gasteiger partial charge in [-0.1, -0.05) is 6.08 Å². The van der Waals surface area contributed by atoms with Crippen molar-refractivity contribution >= 4 is 28.8 Å². The minimum absolute atomic E-state index is 0.0434. The second-order valence-corrected chi connectivity index (χ2v) is 11.8. The van der Waals surface area contributed by atoms with Crippen LogP contribution in [-0.4, -0.2) is 70.1 Å². The maximum atomic E-state index is 16.0. The maximum Gasteiger partial charge on any atom is 0.417 e. The Morgan fingerprint density at radius 1 is 1.07 bits per heavy atom. The smallest absolute Gasteiger partial charge is 0.367 e. The minimum Gasteiger partial charge on any atom is -0.367 e. The summed E-state index contributed by atoms with van der Waals surface area (Å²) in [4.78, 5) is 42.3. The summed E-state index contributed by atoms with van der Waals surface area (Å²) in [5, 5.41) is 2.64. The summed E-state index contributed by atoms with van der Waals surface area (Å²) in [5.74, 6) is -0.932. The van der Waals surface area contributed by atoms with Crippen molar-refractivity contribution in [3.63, 3.8) is 0 Å². The van der Waals surface area contributed by atoms with Crippen molar-refractivity contribution in [2.75, 3.05) is 35.3 Å². The number of aromatic nitrogens is 3. The number of nitrogens with zero attached hydrogens (tertiary/aromatic N) is 5. The third kappa shape index (κ3) is 5.56. The molecule has 4 atom stereocenters. The highest BCUT2D eigenvalue weighted by molar-refractivity contribution is 6.07. The fourth-order valence-electron chi connectivity index (χ4n) is 6.62. The van der Waals surface area contributed by atoms with Crippen LogP contribution >= 0.6 is 0 Å². The van der Waals surface area contributed by atoms with Gasteiger partial charge in [-0.05, 0) is 63.9 Å². The van der Waals surface area contributed by atoms with Gasteiger partial charge in [0.25, 0.3) is 5.91 Å². The van der Waals surface area contributed by atoms with Crippen molar-refractivity contribution in [3.05, 3.63) is 81.8 Å². The van der Waals surface area contributed by atoms with Crippen LogP contribution in [0.1, 0.15) is 54.6 Å². The molecule has 2 saturated heterocycles. The summed E-state index contributed by atoms with van der Waals surface area (Å²) < 4.78 is 57.4. The number of alkyl halides is 3. The molecule has 13 heteroatoms. The zero-order valence-electron chi connectivity index (χ0n) is 24.5. The van der Waals surface area contributed by atoms with Gasteiger partial charge in [0, 0.05) is 61.4 Å². The molecule has 2 fully saturated rings. The standard InChI is InChI=1S/C31H33F4N7O2/c1-17-15-41(16-18(2)40(17)3)27-13-25(32)22(19-9-20-5-6-21(10-19)42(20)30-36-7-4-8-37-30)11-26(27)39-29(44)23-14-38-28(43)12-24(23)31(33,34)35/h4,7-9,11-14,17-18,20-21H,5-6,10,15-16H2,1-3H3,(H,38,43)(H,39,44)/t17-,18+,20?,21?. The normalized spacial score (nSPS) is 23.9. The lowest BCUT2D eigenvalue weighted by atomic mass is 9.93. The highest BCUT2D eigenvalue weighted by Gasteiger charge is 2.40. The molecule has 2 aromatic heterocycles. The van der Waals surface area contributed by atoms with E-state index in [0.717, 1.165) is 24.6 Å². The predicted octanol–water partition coefficient (Wildman–Crippen LogP) is 4.93. The summed E-state index contributed by atoms with van der Waals surface area (Å²) >= 11 is 0. The summed E-state index contributed by atoms with van der Waals surface area (Å²) in [6.45, 7) is 5.11. The maximum absolute atomic E-state index is 16.0. The van der Waals surface area contributed by atoms with Gasteiger partial charge in [-0.3, -0.25) is 14.5 Å². The molecule has 2 unspecified atom stereocenters. The molecule has 3 aromatic rings. The zero-order chi connectivity index (χ0) is 31.3. The fraction of sp³-hybridized carbons (Fsp3) is 0.419. The molecule has 3 aliphatic rings. The first kappa shape index (κ1) is 29.8. The lowest BCUT2D eigenvalue weighted by Crippen LogP contribution is -2.55. The van der Waals surface area contributed by atoms with Crippen LogP contribution in [0.2, 0.25) is 0 Å². The van der Waals surface area contributed by atoms with Crippen LogP contribution in [0.5, 0.6) is 0 Å². The molecule has 0 saturated carbocycles. The predicted molar refractivity (Wildman–Crippen MR) is 159 cm³/mol. The largest absolute Gasteiger partial charge is 0.417 e. The first-order valence-corrected chi connectivity index (χ1v) is 14.6. The Kier molecular flexibility index (Phi) is 7.68. The molecule has 5 heterocycles. The SMILES string of the molecule is C[C@@H]1CN(c2cc(F)c(C3=CC4CCC(C3)N4c3ncccn3)cc2NC(=O)c2c[nH]c(=O)cc2C(F)(F)F)C[C@H](C)N1C. The number of carbonyl (C=O) groups is 1. The number of nitrogens with one attached hydrogen (secondary N) is 2. The van der Waals surface area contributed by atoms with E-state index in [0.29, 0.717) is 37.2 Å². The number of hydrogen-bond donors (Lipinski definition) is 2. The lowest BCUT2D eigenvalue weighted by Gasteiger charge is -2.44. The van der Waals surface area contributed by atoms with Gasteiger partial charge in [0.1, 0.15) is 5.82 Å². The number of fused-ring (bicyclic) bond motifs is 2. The van der Waals surface area contributed by atoms with Gasteiger partial charge in [0.15, 0.2) is 0 Å². The second kappa shape index (κ2) is 11.3. The Bertz CT molecular complexity index is 1650. The third-order valence-electron chi connectivity index (χ3n) is 9.03. The molecule has 2 N–H and O–H groups in total. The van der Waals surface area contributed by atoms with Crippen LogP contribution in [0, 0.1) is 5.82 Å². The number of likely N-dealkylation sites (N-methyl/N-ethyl adjacent to an activating group) is 1. The molecule has 3 aliphatic heterocycles. The Balaban J connectivity index is 1.40. The number of rotatable bonds is 5. The van der Waals surface area contributed by atoms with Crippen LogP contribution < -0.4 is 20.7 Å². The number of hydrogen-bond acceptors (Lipinski definition) is 7. The van der Waals surface area contributed by atoms with Crippen LogP contribution in [0.15, 0.2) is 53.7 Å². The third-order valence-corrected chi connectivity index (χ3v) is 9.03. The average molecular weight is 612 g/mol. The van der Waals surface area contributed by atoms with Crippen molar-refractivity contribution in [3.8, 4) is 0 Å². The molecule has 6 rings (SSSR count). The number of aromatic amines is 1. The number of halogens is 4. The Hall–Kier alpha value is -4.26. The highest BCUT2D eigenvalue weighted by Crippen LogP contribution is 2.43. The van der Waals surface area contributed by atoms with Gasteiger partial charge < -0.3 is 20.1 Å². The van der Waals surface area contributed by atoms with Crippen molar-refractivity contribution in [2.45, 2.75) is 63.5 Å².